The number of nitrogens with zero attached hydrogens (tertiary/aromatic N) is 1. The van der Waals surface area contributed by atoms with Gasteiger partial charge in [-0.05, 0) is 0 Å². The van der Waals surface area contributed by atoms with Gasteiger partial charge in [-0.3, -0.25) is 9.69 Å². The number of rotatable bonds is 2. The molecule has 0 heterocycles. The molecule has 0 saturated heterocycles. The van der Waals surface area contributed by atoms with Crippen LogP contribution in [0.4, 0.5) is 4.79 Å². The van der Waals surface area contributed by atoms with Gasteiger partial charge >= 0.3 is 6.09 Å². The molecule has 0 aromatic rings. The van der Waals surface area contributed by atoms with Crippen molar-refractivity contribution in [1.29, 1.82) is 0 Å². The van der Waals surface area contributed by atoms with Crippen LogP contribution in [0.2, 0.25) is 0 Å². The molecule has 0 rings (SSSR count). The number of carbonyl (C=O) groups excluding carboxylic acids is 2. The van der Waals surface area contributed by atoms with Crippen molar-refractivity contribution in [3.8, 4) is 0 Å². The van der Waals surface area contributed by atoms with Crippen LogP contribution in [0.3, 0.4) is 0 Å². The van der Waals surface area contributed by atoms with Gasteiger partial charge in [0.15, 0.2) is 0 Å². The average molecular weight is 157 g/mol. The summed E-state index contributed by atoms with van der Waals surface area (Å²) in [6.07, 6.45) is 0.781. The maximum Gasteiger partial charge on any atom is 0.416 e. The Balaban J connectivity index is 3.82. The molecule has 0 aliphatic carbocycles. The minimum absolute atomic E-state index is 0.121. The number of hydrogen-bond donors (Lipinski definition) is 0. The lowest BCUT2D eigenvalue weighted by Crippen LogP contribution is -2.31. The first-order valence-corrected chi connectivity index (χ1v) is 3.11. The number of hydrogen-bond acceptors (Lipinski definition) is 3. The normalized spacial score (nSPS) is 8.55. The van der Waals surface area contributed by atoms with Gasteiger partial charge < -0.3 is 4.74 Å². The Kier molecular flexibility index (Phi) is 3.95. The van der Waals surface area contributed by atoms with E-state index in [2.05, 4.69) is 11.3 Å². The summed E-state index contributed by atoms with van der Waals surface area (Å²) in [6.45, 7) is 4.76. The summed E-state index contributed by atoms with van der Waals surface area (Å²) in [5.74, 6) is -0.348. The van der Waals surface area contributed by atoms with E-state index in [1.165, 1.54) is 20.0 Å². The van der Waals surface area contributed by atoms with E-state index in [0.29, 0.717) is 0 Å². The first kappa shape index (κ1) is 9.68. The van der Waals surface area contributed by atoms with Gasteiger partial charge in [0.25, 0.3) is 0 Å². The lowest BCUT2D eigenvalue weighted by Gasteiger charge is -2.11. The molecule has 0 unspecified atom stereocenters. The molecule has 62 valence electrons. The quantitative estimate of drug-likeness (QED) is 0.556. The zero-order valence-corrected chi connectivity index (χ0v) is 6.66. The third-order valence-electron chi connectivity index (χ3n) is 1.07. The Hall–Kier alpha value is -1.32. The highest BCUT2D eigenvalue weighted by molar-refractivity contribution is 5.90. The minimum Gasteiger partial charge on any atom is -0.445 e. The summed E-state index contributed by atoms with van der Waals surface area (Å²) < 4.78 is 4.56. The number of imide groups is 1. The molecular formula is C7H11NO3. The highest BCUT2D eigenvalue weighted by Crippen LogP contribution is 1.90. The molecule has 0 aromatic heterocycles. The Morgan fingerprint density at radius 3 is 2.55 bits per heavy atom. The summed E-state index contributed by atoms with van der Waals surface area (Å²) in [6, 6.07) is 0. The summed E-state index contributed by atoms with van der Waals surface area (Å²) in [5, 5.41) is 0. The zero-order valence-electron chi connectivity index (χ0n) is 6.66. The van der Waals surface area contributed by atoms with Crippen molar-refractivity contribution in [2.75, 3.05) is 13.7 Å². The fourth-order valence-electron chi connectivity index (χ4n) is 0.356. The maximum absolute atomic E-state index is 10.8. The molecule has 11 heavy (non-hydrogen) atoms. The second-order valence-corrected chi connectivity index (χ2v) is 1.94. The van der Waals surface area contributed by atoms with Crippen molar-refractivity contribution in [1.82, 2.24) is 4.90 Å². The Morgan fingerprint density at radius 1 is 1.64 bits per heavy atom. The van der Waals surface area contributed by atoms with Gasteiger partial charge in [0.1, 0.15) is 6.61 Å². The smallest absolute Gasteiger partial charge is 0.416 e. The van der Waals surface area contributed by atoms with Crippen molar-refractivity contribution in [2.45, 2.75) is 6.92 Å². The van der Waals surface area contributed by atoms with Gasteiger partial charge in [-0.15, -0.1) is 0 Å². The van der Waals surface area contributed by atoms with Gasteiger partial charge in [0.2, 0.25) is 5.91 Å². The number of amides is 2. The van der Waals surface area contributed by atoms with Crippen LogP contribution in [-0.4, -0.2) is 30.6 Å². The van der Waals surface area contributed by atoms with E-state index < -0.39 is 6.09 Å². The molecule has 0 aromatic carbocycles. The summed E-state index contributed by atoms with van der Waals surface area (Å²) >= 11 is 0. The standard InChI is InChI=1S/C7H11NO3/c1-4-5-11-7(10)8(3)6(2)9/h4H,1,5H2,2-3H3. The van der Waals surface area contributed by atoms with Crippen molar-refractivity contribution < 1.29 is 14.3 Å². The van der Waals surface area contributed by atoms with E-state index in [0.717, 1.165) is 4.90 Å². The van der Waals surface area contributed by atoms with Crippen molar-refractivity contribution in [3.05, 3.63) is 12.7 Å². The van der Waals surface area contributed by atoms with Crippen LogP contribution < -0.4 is 0 Å². The second-order valence-electron chi connectivity index (χ2n) is 1.94. The largest absolute Gasteiger partial charge is 0.445 e. The van der Waals surface area contributed by atoms with Gasteiger partial charge in [-0.1, -0.05) is 12.7 Å². The van der Waals surface area contributed by atoms with Crippen LogP contribution in [0.25, 0.3) is 0 Å². The van der Waals surface area contributed by atoms with E-state index in [1.807, 2.05) is 0 Å². The molecule has 0 aliphatic rings. The van der Waals surface area contributed by atoms with Crippen LogP contribution in [0.5, 0.6) is 0 Å². The fourth-order valence-corrected chi connectivity index (χ4v) is 0.356. The monoisotopic (exact) mass is 157 g/mol. The van der Waals surface area contributed by atoms with Gasteiger partial charge in [-0.2, -0.15) is 0 Å². The Morgan fingerprint density at radius 2 is 2.18 bits per heavy atom. The Bertz CT molecular complexity index is 177. The van der Waals surface area contributed by atoms with E-state index in [1.54, 1.807) is 0 Å². The molecule has 4 heteroatoms. The molecule has 0 fully saturated rings. The van der Waals surface area contributed by atoms with E-state index in [9.17, 15) is 9.59 Å². The average Bonchev–Trinajstić information content (AvgIpc) is 1.98. The number of ether oxygens (including phenoxy) is 1. The Labute approximate surface area is 65.4 Å². The number of carbonyl (C=O) groups is 2. The predicted molar refractivity (Wildman–Crippen MR) is 40.0 cm³/mol. The third-order valence-corrected chi connectivity index (χ3v) is 1.07. The second kappa shape index (κ2) is 4.49. The van der Waals surface area contributed by atoms with E-state index in [4.69, 9.17) is 0 Å². The topological polar surface area (TPSA) is 46.6 Å². The fraction of sp³-hybridized carbons (Fsp3) is 0.429. The van der Waals surface area contributed by atoms with Crippen LogP contribution in [0.15, 0.2) is 12.7 Å². The molecule has 0 radical (unpaired) electrons. The van der Waals surface area contributed by atoms with Crippen molar-refractivity contribution in [2.24, 2.45) is 0 Å². The maximum atomic E-state index is 10.8. The molecule has 0 saturated carbocycles. The molecule has 0 N–H and O–H groups in total. The molecule has 0 atom stereocenters. The van der Waals surface area contributed by atoms with Crippen LogP contribution in [0, 0.1) is 0 Å². The third kappa shape index (κ3) is 3.40. The van der Waals surface area contributed by atoms with E-state index in [-0.39, 0.29) is 12.5 Å². The summed E-state index contributed by atoms with van der Waals surface area (Å²) in [4.78, 5) is 22.2. The SMILES string of the molecule is C=CCOC(=O)N(C)C(C)=O. The van der Waals surface area contributed by atoms with Gasteiger partial charge in [-0.25, -0.2) is 4.79 Å². The van der Waals surface area contributed by atoms with Crippen molar-refractivity contribution >= 4 is 12.0 Å². The van der Waals surface area contributed by atoms with Gasteiger partial charge in [0.05, 0.1) is 0 Å². The highest BCUT2D eigenvalue weighted by atomic mass is 16.6. The lowest BCUT2D eigenvalue weighted by molar-refractivity contribution is -0.125. The van der Waals surface area contributed by atoms with E-state index >= 15 is 0 Å². The zero-order chi connectivity index (χ0) is 8.85. The molecule has 0 bridgehead atoms. The van der Waals surface area contributed by atoms with Crippen LogP contribution in [0.1, 0.15) is 6.92 Å². The predicted octanol–water partition coefficient (Wildman–Crippen LogP) is 0.787. The van der Waals surface area contributed by atoms with Crippen LogP contribution in [-0.2, 0) is 9.53 Å². The van der Waals surface area contributed by atoms with Crippen LogP contribution >= 0.6 is 0 Å². The summed E-state index contributed by atoms with van der Waals surface area (Å²) in [5.41, 5.74) is 0. The van der Waals surface area contributed by atoms with Gasteiger partial charge in [0, 0.05) is 14.0 Å². The molecule has 0 spiro atoms. The highest BCUT2D eigenvalue weighted by Gasteiger charge is 2.12. The summed E-state index contributed by atoms with van der Waals surface area (Å²) in [7, 11) is 1.35. The lowest BCUT2D eigenvalue weighted by atomic mass is 10.6. The molecule has 4 nitrogen and oxygen atoms in total. The minimum atomic E-state index is -0.655. The van der Waals surface area contributed by atoms with Crippen molar-refractivity contribution in [3.63, 3.8) is 0 Å². The molecule has 2 amide bonds. The molecular weight excluding hydrogens is 146 g/mol. The molecule has 0 aliphatic heterocycles. The first-order valence-electron chi connectivity index (χ1n) is 3.11. The first-order chi connectivity index (χ1) is 5.09.